The number of alkyl halides is 2. The third kappa shape index (κ3) is 4.33. The normalized spacial score (nSPS) is 10.9. The second-order valence-corrected chi connectivity index (χ2v) is 6.15. The number of hydrogen-bond donors (Lipinski definition) is 1. The molecule has 0 saturated heterocycles. The van der Waals surface area contributed by atoms with Crippen LogP contribution in [0.5, 0.6) is 5.75 Å². The molecule has 0 saturated carbocycles. The van der Waals surface area contributed by atoms with Crippen LogP contribution in [0.1, 0.15) is 27.3 Å². The van der Waals surface area contributed by atoms with Gasteiger partial charge in [0.2, 0.25) is 0 Å². The Bertz CT molecular complexity index is 985. The molecule has 0 aliphatic heterocycles. The summed E-state index contributed by atoms with van der Waals surface area (Å²) >= 11 is 0. The van der Waals surface area contributed by atoms with Crippen LogP contribution in [0.4, 0.5) is 18.9 Å². The summed E-state index contributed by atoms with van der Waals surface area (Å²) < 4.78 is 44.2. The average Bonchev–Trinajstić information content (AvgIpc) is 2.91. The predicted molar refractivity (Wildman–Crippen MR) is 98.2 cm³/mol. The van der Waals surface area contributed by atoms with Gasteiger partial charge in [-0.15, -0.1) is 0 Å². The lowest BCUT2D eigenvalue weighted by Crippen LogP contribution is -2.13. The number of amides is 1. The standard InChI is InChI=1S/C20H18F3N3O2/c1-12-18(13(2)26(25-12)11-15-5-3-4-6-17(15)21)24-19(27)14-7-9-16(10-8-14)28-20(22)23/h3-10,20H,11H2,1-2H3,(H,24,27). The van der Waals surface area contributed by atoms with Crippen LogP contribution in [-0.4, -0.2) is 22.3 Å². The monoisotopic (exact) mass is 389 g/mol. The van der Waals surface area contributed by atoms with E-state index in [1.54, 1.807) is 36.7 Å². The molecule has 3 rings (SSSR count). The maximum atomic E-state index is 13.9. The van der Waals surface area contributed by atoms with E-state index in [1.807, 2.05) is 0 Å². The first-order valence-electron chi connectivity index (χ1n) is 8.49. The highest BCUT2D eigenvalue weighted by molar-refractivity contribution is 6.04. The van der Waals surface area contributed by atoms with Gasteiger partial charge in [-0.2, -0.15) is 13.9 Å². The van der Waals surface area contributed by atoms with Crippen LogP contribution in [0.3, 0.4) is 0 Å². The number of aryl methyl sites for hydroxylation is 1. The van der Waals surface area contributed by atoms with Crippen molar-refractivity contribution in [3.8, 4) is 5.75 Å². The van der Waals surface area contributed by atoms with E-state index < -0.39 is 12.5 Å². The Morgan fingerprint density at radius 1 is 1.14 bits per heavy atom. The molecule has 0 spiro atoms. The number of carbonyl (C=O) groups excluding carboxylic acids is 1. The molecule has 0 aliphatic rings. The first kappa shape index (κ1) is 19.5. The summed E-state index contributed by atoms with van der Waals surface area (Å²) in [5, 5.41) is 7.14. The second kappa shape index (κ2) is 8.16. The van der Waals surface area contributed by atoms with Crippen LogP contribution in [0, 0.1) is 19.7 Å². The topological polar surface area (TPSA) is 56.2 Å². The highest BCUT2D eigenvalue weighted by Crippen LogP contribution is 2.22. The average molecular weight is 389 g/mol. The summed E-state index contributed by atoms with van der Waals surface area (Å²) in [6.07, 6.45) is 0. The van der Waals surface area contributed by atoms with Gasteiger partial charge in [0.25, 0.3) is 5.91 Å². The molecular weight excluding hydrogens is 371 g/mol. The summed E-state index contributed by atoms with van der Waals surface area (Å²) in [6.45, 7) is 0.815. The molecule has 146 valence electrons. The third-order valence-corrected chi connectivity index (χ3v) is 4.24. The van der Waals surface area contributed by atoms with E-state index in [1.165, 1.54) is 30.3 Å². The summed E-state index contributed by atoms with van der Waals surface area (Å²) in [5.74, 6) is -0.774. The van der Waals surface area contributed by atoms with E-state index >= 15 is 0 Å². The number of rotatable bonds is 6. The number of anilines is 1. The Labute approximate surface area is 159 Å². The minimum Gasteiger partial charge on any atom is -0.435 e. The Kier molecular flexibility index (Phi) is 5.67. The van der Waals surface area contributed by atoms with Crippen LogP contribution in [-0.2, 0) is 6.54 Å². The first-order valence-corrected chi connectivity index (χ1v) is 8.49. The van der Waals surface area contributed by atoms with Gasteiger partial charge in [0.1, 0.15) is 11.6 Å². The Hall–Kier alpha value is -3.29. The number of ether oxygens (including phenoxy) is 1. The first-order chi connectivity index (χ1) is 13.3. The van der Waals surface area contributed by atoms with E-state index in [2.05, 4.69) is 15.2 Å². The molecule has 0 fully saturated rings. The van der Waals surface area contributed by atoms with Gasteiger partial charge in [-0.3, -0.25) is 9.48 Å². The molecule has 0 radical (unpaired) electrons. The van der Waals surface area contributed by atoms with Crippen molar-refractivity contribution in [3.63, 3.8) is 0 Å². The zero-order valence-electron chi connectivity index (χ0n) is 15.2. The van der Waals surface area contributed by atoms with Gasteiger partial charge in [-0.05, 0) is 44.2 Å². The predicted octanol–water partition coefficient (Wildman–Crippen LogP) is 4.54. The zero-order valence-corrected chi connectivity index (χ0v) is 15.2. The molecule has 0 atom stereocenters. The summed E-state index contributed by atoms with van der Waals surface area (Å²) in [7, 11) is 0. The molecule has 8 heteroatoms. The van der Waals surface area contributed by atoms with E-state index in [0.717, 1.165) is 0 Å². The molecule has 3 aromatic rings. The molecule has 0 bridgehead atoms. The lowest BCUT2D eigenvalue weighted by atomic mass is 10.2. The van der Waals surface area contributed by atoms with Crippen molar-refractivity contribution in [1.82, 2.24) is 9.78 Å². The lowest BCUT2D eigenvalue weighted by molar-refractivity contribution is -0.0498. The Balaban J connectivity index is 1.76. The molecule has 0 unspecified atom stereocenters. The molecule has 0 aliphatic carbocycles. The van der Waals surface area contributed by atoms with Crippen molar-refractivity contribution in [2.75, 3.05) is 5.32 Å². The third-order valence-electron chi connectivity index (χ3n) is 4.24. The highest BCUT2D eigenvalue weighted by Gasteiger charge is 2.16. The van der Waals surface area contributed by atoms with Crippen LogP contribution < -0.4 is 10.1 Å². The van der Waals surface area contributed by atoms with Crippen molar-refractivity contribution in [2.45, 2.75) is 27.0 Å². The molecular formula is C20H18F3N3O2. The van der Waals surface area contributed by atoms with E-state index in [9.17, 15) is 18.0 Å². The number of hydrogen-bond acceptors (Lipinski definition) is 3. The van der Waals surface area contributed by atoms with E-state index in [-0.39, 0.29) is 23.7 Å². The lowest BCUT2D eigenvalue weighted by Gasteiger charge is -2.09. The summed E-state index contributed by atoms with van der Waals surface area (Å²) in [6, 6.07) is 11.8. The number of nitrogens with one attached hydrogen (secondary N) is 1. The van der Waals surface area contributed by atoms with Gasteiger partial charge in [0, 0.05) is 11.1 Å². The number of benzene rings is 2. The quantitative estimate of drug-likeness (QED) is 0.673. The van der Waals surface area contributed by atoms with Crippen molar-refractivity contribution in [3.05, 3.63) is 76.9 Å². The van der Waals surface area contributed by atoms with Gasteiger partial charge in [0.15, 0.2) is 0 Å². The van der Waals surface area contributed by atoms with Crippen LogP contribution in [0.25, 0.3) is 0 Å². The maximum Gasteiger partial charge on any atom is 0.387 e. The molecule has 1 heterocycles. The molecule has 28 heavy (non-hydrogen) atoms. The minimum absolute atomic E-state index is 0.0309. The summed E-state index contributed by atoms with van der Waals surface area (Å²) in [4.78, 5) is 12.5. The fourth-order valence-corrected chi connectivity index (χ4v) is 2.79. The van der Waals surface area contributed by atoms with Crippen molar-refractivity contribution in [2.24, 2.45) is 0 Å². The van der Waals surface area contributed by atoms with Crippen LogP contribution in [0.15, 0.2) is 48.5 Å². The number of carbonyl (C=O) groups is 1. The number of halogens is 3. The van der Waals surface area contributed by atoms with E-state index in [0.29, 0.717) is 22.6 Å². The molecule has 1 N–H and O–H groups in total. The van der Waals surface area contributed by atoms with Gasteiger partial charge < -0.3 is 10.1 Å². The van der Waals surface area contributed by atoms with E-state index in [4.69, 9.17) is 0 Å². The van der Waals surface area contributed by atoms with Crippen LogP contribution >= 0.6 is 0 Å². The Morgan fingerprint density at radius 3 is 2.46 bits per heavy atom. The van der Waals surface area contributed by atoms with Crippen molar-refractivity contribution < 1.29 is 22.7 Å². The van der Waals surface area contributed by atoms with Gasteiger partial charge >= 0.3 is 6.61 Å². The van der Waals surface area contributed by atoms with Gasteiger partial charge in [-0.1, -0.05) is 18.2 Å². The zero-order chi connectivity index (χ0) is 20.3. The largest absolute Gasteiger partial charge is 0.435 e. The molecule has 2 aromatic carbocycles. The highest BCUT2D eigenvalue weighted by atomic mass is 19.3. The molecule has 1 amide bonds. The Morgan fingerprint density at radius 2 is 1.82 bits per heavy atom. The van der Waals surface area contributed by atoms with Crippen molar-refractivity contribution >= 4 is 11.6 Å². The van der Waals surface area contributed by atoms with Crippen LogP contribution in [0.2, 0.25) is 0 Å². The van der Waals surface area contributed by atoms with Crippen molar-refractivity contribution in [1.29, 1.82) is 0 Å². The fraction of sp³-hybridized carbons (Fsp3) is 0.200. The minimum atomic E-state index is -2.93. The summed E-state index contributed by atoms with van der Waals surface area (Å²) in [5.41, 5.74) is 2.55. The van der Waals surface area contributed by atoms with Gasteiger partial charge in [0.05, 0.1) is 23.6 Å². The maximum absolute atomic E-state index is 13.9. The number of nitrogens with zero attached hydrogens (tertiary/aromatic N) is 2. The molecule has 5 nitrogen and oxygen atoms in total. The fourth-order valence-electron chi connectivity index (χ4n) is 2.79. The number of aromatic nitrogens is 2. The smallest absolute Gasteiger partial charge is 0.387 e. The molecule has 1 aromatic heterocycles. The second-order valence-electron chi connectivity index (χ2n) is 6.15. The SMILES string of the molecule is Cc1nn(Cc2ccccc2F)c(C)c1NC(=O)c1ccc(OC(F)F)cc1. The van der Waals surface area contributed by atoms with Gasteiger partial charge in [-0.25, -0.2) is 4.39 Å².